The molecule has 1 N–H and O–H groups in total. The van der Waals surface area contributed by atoms with Gasteiger partial charge in [0.2, 0.25) is 11.8 Å². The summed E-state index contributed by atoms with van der Waals surface area (Å²) in [7, 11) is 0. The summed E-state index contributed by atoms with van der Waals surface area (Å²) in [6.07, 6.45) is 0.789. The molecular weight excluding hydrogens is 458 g/mol. The molecule has 0 aliphatic rings. The number of benzene rings is 2. The zero-order chi connectivity index (χ0) is 23.0. The number of carbonyl (C=O) groups excluding carboxylic acids is 2. The van der Waals surface area contributed by atoms with E-state index in [9.17, 15) is 14.0 Å². The Morgan fingerprint density at radius 2 is 1.84 bits per heavy atom. The number of nitrogens with zero attached hydrogens (tertiary/aromatic N) is 1. The van der Waals surface area contributed by atoms with E-state index in [1.165, 1.54) is 22.7 Å². The molecule has 0 saturated carbocycles. The summed E-state index contributed by atoms with van der Waals surface area (Å²) in [5, 5.41) is 3.73. The second-order valence-corrected chi connectivity index (χ2v) is 9.15. The molecule has 0 fully saturated rings. The quantitative estimate of drug-likeness (QED) is 0.470. The van der Waals surface area contributed by atoms with Crippen molar-refractivity contribution in [2.24, 2.45) is 0 Å². The van der Waals surface area contributed by atoms with Gasteiger partial charge in [-0.15, -0.1) is 11.8 Å². The van der Waals surface area contributed by atoms with Gasteiger partial charge in [-0.3, -0.25) is 9.59 Å². The minimum Gasteiger partial charge on any atom is -0.352 e. The SMILES string of the molecule is CC[C@@H](C)NC(=O)[C@H](C)N(Cc1ccc(Cl)c(Cl)c1)C(=O)CSCc1ccccc1F. The van der Waals surface area contributed by atoms with Gasteiger partial charge < -0.3 is 10.2 Å². The van der Waals surface area contributed by atoms with Gasteiger partial charge in [0.05, 0.1) is 15.8 Å². The number of rotatable bonds is 10. The van der Waals surface area contributed by atoms with Crippen molar-refractivity contribution in [1.82, 2.24) is 10.2 Å². The molecule has 0 aliphatic heterocycles. The number of hydrogen-bond acceptors (Lipinski definition) is 3. The average Bonchev–Trinajstić information content (AvgIpc) is 2.75. The van der Waals surface area contributed by atoms with Crippen LogP contribution in [-0.2, 0) is 21.9 Å². The zero-order valence-corrected chi connectivity index (χ0v) is 20.2. The van der Waals surface area contributed by atoms with Crippen LogP contribution < -0.4 is 5.32 Å². The molecule has 168 valence electrons. The minimum atomic E-state index is -0.676. The van der Waals surface area contributed by atoms with Crippen molar-refractivity contribution in [2.45, 2.75) is 51.6 Å². The maximum atomic E-state index is 13.8. The number of nitrogens with one attached hydrogen (secondary N) is 1. The minimum absolute atomic E-state index is 0.00677. The standard InChI is InChI=1S/C23H27Cl2FN2O2S/c1-4-15(2)27-23(30)16(3)28(12-17-9-10-19(24)20(25)11-17)22(29)14-31-13-18-7-5-6-8-21(18)26/h5-11,15-16H,4,12-14H2,1-3H3,(H,27,30)/t15-,16+/m1/s1. The van der Waals surface area contributed by atoms with Gasteiger partial charge in [-0.05, 0) is 49.6 Å². The lowest BCUT2D eigenvalue weighted by atomic mass is 10.1. The van der Waals surface area contributed by atoms with Crippen LogP contribution in [0.4, 0.5) is 4.39 Å². The molecule has 0 bridgehead atoms. The molecule has 4 nitrogen and oxygen atoms in total. The monoisotopic (exact) mass is 484 g/mol. The highest BCUT2D eigenvalue weighted by Gasteiger charge is 2.27. The molecular formula is C23H27Cl2FN2O2S. The molecule has 2 amide bonds. The van der Waals surface area contributed by atoms with Crippen LogP contribution in [0.2, 0.25) is 10.0 Å². The van der Waals surface area contributed by atoms with Gasteiger partial charge in [0.25, 0.3) is 0 Å². The maximum absolute atomic E-state index is 13.8. The van der Waals surface area contributed by atoms with Crippen LogP contribution in [-0.4, -0.2) is 34.6 Å². The fourth-order valence-electron chi connectivity index (χ4n) is 2.83. The number of thioether (sulfide) groups is 1. The predicted molar refractivity (Wildman–Crippen MR) is 127 cm³/mol. The van der Waals surface area contributed by atoms with E-state index in [4.69, 9.17) is 23.2 Å². The highest BCUT2D eigenvalue weighted by atomic mass is 35.5. The molecule has 0 unspecified atom stereocenters. The van der Waals surface area contributed by atoms with E-state index in [2.05, 4.69) is 5.32 Å². The molecule has 0 aliphatic carbocycles. The van der Waals surface area contributed by atoms with Crippen LogP contribution in [0.15, 0.2) is 42.5 Å². The molecule has 2 aromatic rings. The first-order valence-corrected chi connectivity index (χ1v) is 12.0. The van der Waals surface area contributed by atoms with Gasteiger partial charge in [-0.1, -0.05) is 54.4 Å². The number of amides is 2. The molecule has 2 atom stereocenters. The zero-order valence-electron chi connectivity index (χ0n) is 17.8. The molecule has 0 radical (unpaired) electrons. The molecule has 2 rings (SSSR count). The van der Waals surface area contributed by atoms with Crippen molar-refractivity contribution in [2.75, 3.05) is 5.75 Å². The van der Waals surface area contributed by atoms with Crippen LogP contribution in [0.25, 0.3) is 0 Å². The maximum Gasteiger partial charge on any atom is 0.242 e. The Balaban J connectivity index is 2.12. The fourth-order valence-corrected chi connectivity index (χ4v) is 4.05. The first-order chi connectivity index (χ1) is 14.7. The summed E-state index contributed by atoms with van der Waals surface area (Å²) in [6, 6.07) is 11.0. The van der Waals surface area contributed by atoms with Crippen LogP contribution in [0, 0.1) is 5.82 Å². The first-order valence-electron chi connectivity index (χ1n) is 10.1. The van der Waals surface area contributed by atoms with Crippen LogP contribution in [0.1, 0.15) is 38.3 Å². The van der Waals surface area contributed by atoms with Crippen molar-refractivity contribution in [3.05, 3.63) is 69.5 Å². The lowest BCUT2D eigenvalue weighted by Gasteiger charge is -2.29. The lowest BCUT2D eigenvalue weighted by molar-refractivity contribution is -0.138. The Morgan fingerprint density at radius 3 is 2.48 bits per heavy atom. The second-order valence-electron chi connectivity index (χ2n) is 7.35. The summed E-state index contributed by atoms with van der Waals surface area (Å²) in [4.78, 5) is 27.3. The van der Waals surface area contributed by atoms with E-state index >= 15 is 0 Å². The van der Waals surface area contributed by atoms with Gasteiger partial charge in [0.1, 0.15) is 11.9 Å². The second kappa shape index (κ2) is 12.3. The van der Waals surface area contributed by atoms with Gasteiger partial charge >= 0.3 is 0 Å². The third-order valence-electron chi connectivity index (χ3n) is 4.95. The van der Waals surface area contributed by atoms with E-state index in [-0.39, 0.29) is 36.0 Å². The first kappa shape index (κ1) is 25.5. The summed E-state index contributed by atoms with van der Waals surface area (Å²) < 4.78 is 13.8. The molecule has 0 heterocycles. The highest BCUT2D eigenvalue weighted by Crippen LogP contribution is 2.24. The molecule has 0 aromatic heterocycles. The largest absolute Gasteiger partial charge is 0.352 e. The fraction of sp³-hybridized carbons (Fsp3) is 0.391. The number of halogens is 3. The Hall–Kier alpha value is -1.76. The summed E-state index contributed by atoms with van der Waals surface area (Å²) in [6.45, 7) is 5.81. The van der Waals surface area contributed by atoms with Gasteiger partial charge in [-0.2, -0.15) is 0 Å². The summed E-state index contributed by atoms with van der Waals surface area (Å²) >= 11 is 13.4. The average molecular weight is 485 g/mol. The Bertz CT molecular complexity index is 913. The van der Waals surface area contributed by atoms with E-state index in [0.717, 1.165) is 12.0 Å². The molecule has 0 spiro atoms. The van der Waals surface area contributed by atoms with E-state index in [1.807, 2.05) is 13.8 Å². The van der Waals surface area contributed by atoms with E-state index < -0.39 is 6.04 Å². The number of hydrogen-bond donors (Lipinski definition) is 1. The Morgan fingerprint density at radius 1 is 1.13 bits per heavy atom. The lowest BCUT2D eigenvalue weighted by Crippen LogP contribution is -2.50. The Labute approximate surface area is 197 Å². The van der Waals surface area contributed by atoms with Crippen LogP contribution >= 0.6 is 35.0 Å². The topological polar surface area (TPSA) is 49.4 Å². The normalized spacial score (nSPS) is 12.8. The highest BCUT2D eigenvalue weighted by molar-refractivity contribution is 7.99. The van der Waals surface area contributed by atoms with Crippen molar-refractivity contribution < 1.29 is 14.0 Å². The van der Waals surface area contributed by atoms with Gasteiger partial charge in [-0.25, -0.2) is 4.39 Å². The summed E-state index contributed by atoms with van der Waals surface area (Å²) in [5.74, 6) is -0.235. The predicted octanol–water partition coefficient (Wildman–Crippen LogP) is 5.70. The molecule has 2 aromatic carbocycles. The van der Waals surface area contributed by atoms with Crippen LogP contribution in [0.5, 0.6) is 0 Å². The van der Waals surface area contributed by atoms with E-state index in [0.29, 0.717) is 21.4 Å². The van der Waals surface area contributed by atoms with Crippen molar-refractivity contribution >= 4 is 46.8 Å². The van der Waals surface area contributed by atoms with Gasteiger partial charge in [0, 0.05) is 18.3 Å². The number of carbonyl (C=O) groups is 2. The molecule has 31 heavy (non-hydrogen) atoms. The van der Waals surface area contributed by atoms with Crippen molar-refractivity contribution in [3.63, 3.8) is 0 Å². The molecule has 8 heteroatoms. The third-order valence-corrected chi connectivity index (χ3v) is 6.65. The Kier molecular flexibility index (Phi) is 10.1. The van der Waals surface area contributed by atoms with Crippen molar-refractivity contribution in [1.29, 1.82) is 0 Å². The van der Waals surface area contributed by atoms with Gasteiger partial charge in [0.15, 0.2) is 0 Å². The van der Waals surface area contributed by atoms with E-state index in [1.54, 1.807) is 43.3 Å². The molecule has 0 saturated heterocycles. The smallest absolute Gasteiger partial charge is 0.242 e. The third kappa shape index (κ3) is 7.70. The summed E-state index contributed by atoms with van der Waals surface area (Å²) in [5.41, 5.74) is 1.31. The van der Waals surface area contributed by atoms with Crippen LogP contribution in [0.3, 0.4) is 0 Å². The van der Waals surface area contributed by atoms with Crippen molar-refractivity contribution in [3.8, 4) is 0 Å².